The van der Waals surface area contributed by atoms with Crippen molar-refractivity contribution in [3.8, 4) is 0 Å². The normalized spacial score (nSPS) is 14.6. The number of hydrogen-bond donors (Lipinski definition) is 1. The Balaban J connectivity index is 1.82. The van der Waals surface area contributed by atoms with Crippen molar-refractivity contribution >= 4 is 5.84 Å². The highest BCUT2D eigenvalue weighted by molar-refractivity contribution is 5.83. The number of nitrogens with zero attached hydrogens (tertiary/aromatic N) is 2. The van der Waals surface area contributed by atoms with E-state index in [9.17, 15) is 0 Å². The van der Waals surface area contributed by atoms with E-state index in [1.165, 1.54) is 89.3 Å². The summed E-state index contributed by atoms with van der Waals surface area (Å²) >= 11 is 0. The number of aliphatic hydroxyl groups excluding tert-OH is 1. The van der Waals surface area contributed by atoms with Gasteiger partial charge in [0.15, 0.2) is 0 Å². The van der Waals surface area contributed by atoms with Gasteiger partial charge in [0.05, 0.1) is 19.0 Å². The first-order valence-corrected chi connectivity index (χ1v) is 10.9. The lowest BCUT2D eigenvalue weighted by molar-refractivity contribution is 0.255. The van der Waals surface area contributed by atoms with Crippen LogP contribution in [0.2, 0.25) is 0 Å². The van der Waals surface area contributed by atoms with E-state index < -0.39 is 0 Å². The Kier molecular flexibility index (Phi) is 14.8. The zero-order valence-electron chi connectivity index (χ0n) is 16.7. The highest BCUT2D eigenvalue weighted by atomic mass is 16.3. The van der Waals surface area contributed by atoms with E-state index in [2.05, 4.69) is 29.0 Å². The molecule has 3 heteroatoms. The predicted molar refractivity (Wildman–Crippen MR) is 110 cm³/mol. The van der Waals surface area contributed by atoms with Gasteiger partial charge in [-0.1, -0.05) is 70.4 Å². The second kappa shape index (κ2) is 16.6. The van der Waals surface area contributed by atoms with Crippen LogP contribution >= 0.6 is 0 Å². The molecule has 25 heavy (non-hydrogen) atoms. The molecule has 1 rings (SSSR count). The molecule has 0 aromatic heterocycles. The van der Waals surface area contributed by atoms with Crippen molar-refractivity contribution in [1.82, 2.24) is 4.90 Å². The third kappa shape index (κ3) is 12.2. The number of amidine groups is 1. The van der Waals surface area contributed by atoms with Gasteiger partial charge < -0.3 is 10.0 Å². The van der Waals surface area contributed by atoms with E-state index in [-0.39, 0.29) is 6.61 Å². The molecule has 0 aliphatic carbocycles. The van der Waals surface area contributed by atoms with Crippen LogP contribution in [0.4, 0.5) is 0 Å². The molecular formula is C22H42N2O. The number of rotatable bonds is 17. The molecule has 0 fully saturated rings. The first kappa shape index (κ1) is 22.2. The molecular weight excluding hydrogens is 308 g/mol. The fraction of sp³-hybridized carbons (Fsp3) is 0.864. The Bertz CT molecular complexity index is 352. The molecule has 0 amide bonds. The van der Waals surface area contributed by atoms with Gasteiger partial charge in [0.2, 0.25) is 0 Å². The quantitative estimate of drug-likeness (QED) is 0.268. The predicted octanol–water partition coefficient (Wildman–Crippen LogP) is 5.73. The van der Waals surface area contributed by atoms with Gasteiger partial charge in [-0.05, 0) is 32.1 Å². The van der Waals surface area contributed by atoms with Gasteiger partial charge >= 0.3 is 0 Å². The third-order valence-electron chi connectivity index (χ3n) is 5.06. The topological polar surface area (TPSA) is 35.8 Å². The molecule has 0 bridgehead atoms. The molecule has 3 nitrogen and oxygen atoms in total. The van der Waals surface area contributed by atoms with Crippen molar-refractivity contribution in [3.63, 3.8) is 0 Å². The van der Waals surface area contributed by atoms with Crippen LogP contribution in [0.25, 0.3) is 0 Å². The summed E-state index contributed by atoms with van der Waals surface area (Å²) in [7, 11) is 0. The zero-order valence-corrected chi connectivity index (χ0v) is 16.7. The van der Waals surface area contributed by atoms with Crippen LogP contribution in [-0.4, -0.2) is 42.1 Å². The Morgan fingerprint density at radius 1 is 0.880 bits per heavy atom. The van der Waals surface area contributed by atoms with Crippen LogP contribution in [0.3, 0.4) is 0 Å². The van der Waals surface area contributed by atoms with Crippen LogP contribution in [0, 0.1) is 0 Å². The number of β-amino-alcohol motifs (C(OH)–C–C–N with tert-alkyl or cyclic N) is 1. The second-order valence-corrected chi connectivity index (χ2v) is 7.34. The van der Waals surface area contributed by atoms with E-state index >= 15 is 0 Å². The maximum atomic E-state index is 9.05. The van der Waals surface area contributed by atoms with Gasteiger partial charge in [0.25, 0.3) is 0 Å². The second-order valence-electron chi connectivity index (χ2n) is 7.34. The molecule has 1 aliphatic rings. The van der Waals surface area contributed by atoms with Crippen LogP contribution in [0.1, 0.15) is 96.8 Å². The summed E-state index contributed by atoms with van der Waals surface area (Å²) in [6.07, 6.45) is 23.4. The fourth-order valence-electron chi connectivity index (χ4n) is 3.48. The molecule has 0 unspecified atom stereocenters. The van der Waals surface area contributed by atoms with Gasteiger partial charge in [-0.25, -0.2) is 0 Å². The van der Waals surface area contributed by atoms with Crippen LogP contribution < -0.4 is 0 Å². The van der Waals surface area contributed by atoms with Gasteiger partial charge in [0, 0.05) is 19.5 Å². The molecule has 0 saturated carbocycles. The van der Waals surface area contributed by atoms with Gasteiger partial charge in [-0.2, -0.15) is 0 Å². The molecule has 1 N–H and O–H groups in total. The number of allylic oxidation sites excluding steroid dienone is 2. The molecule has 0 saturated heterocycles. The standard InChI is InChI=1S/C22H42N2O/c1-2-3-4-5-6-7-8-9-10-11-12-13-14-15-16-17-22-23-18-19-24(22)20-21-25/h9-10,25H,2-8,11-21H2,1H3. The SMILES string of the molecule is CCCCCCCCC=CCCCCCCCC1=NCCN1CCO. The van der Waals surface area contributed by atoms with Crippen molar-refractivity contribution in [2.24, 2.45) is 4.99 Å². The zero-order chi connectivity index (χ0) is 18.0. The van der Waals surface area contributed by atoms with E-state index in [0.29, 0.717) is 0 Å². The number of unbranched alkanes of at least 4 members (excludes halogenated alkanes) is 11. The molecule has 1 heterocycles. The molecule has 0 radical (unpaired) electrons. The lowest BCUT2D eigenvalue weighted by Crippen LogP contribution is -2.30. The summed E-state index contributed by atoms with van der Waals surface area (Å²) in [5, 5.41) is 9.05. The smallest absolute Gasteiger partial charge is 0.0991 e. The molecule has 0 aromatic rings. The maximum absolute atomic E-state index is 9.05. The summed E-state index contributed by atoms with van der Waals surface area (Å²) in [6.45, 7) is 5.19. The summed E-state index contributed by atoms with van der Waals surface area (Å²) in [6, 6.07) is 0. The van der Waals surface area contributed by atoms with Gasteiger partial charge in [-0.15, -0.1) is 0 Å². The maximum Gasteiger partial charge on any atom is 0.0991 e. The van der Waals surface area contributed by atoms with Crippen LogP contribution in [0.5, 0.6) is 0 Å². The minimum absolute atomic E-state index is 0.241. The Labute approximate surface area is 156 Å². The highest BCUT2D eigenvalue weighted by Crippen LogP contribution is 2.12. The van der Waals surface area contributed by atoms with E-state index in [4.69, 9.17) is 5.11 Å². The van der Waals surface area contributed by atoms with Crippen LogP contribution in [0.15, 0.2) is 17.1 Å². The minimum atomic E-state index is 0.241. The van der Waals surface area contributed by atoms with Crippen LogP contribution in [-0.2, 0) is 0 Å². The van der Waals surface area contributed by atoms with Gasteiger partial charge in [-0.3, -0.25) is 4.99 Å². The summed E-state index contributed by atoms with van der Waals surface area (Å²) < 4.78 is 0. The first-order chi connectivity index (χ1) is 12.4. The lowest BCUT2D eigenvalue weighted by Gasteiger charge is -2.18. The summed E-state index contributed by atoms with van der Waals surface area (Å²) in [4.78, 5) is 6.81. The highest BCUT2D eigenvalue weighted by Gasteiger charge is 2.14. The van der Waals surface area contributed by atoms with Crippen molar-refractivity contribution in [2.45, 2.75) is 96.8 Å². The van der Waals surface area contributed by atoms with E-state index in [1.54, 1.807) is 0 Å². The number of aliphatic imine (C=N–C) groups is 1. The molecule has 0 aromatic carbocycles. The van der Waals surface area contributed by atoms with Crippen molar-refractivity contribution in [1.29, 1.82) is 0 Å². The Morgan fingerprint density at radius 3 is 2.12 bits per heavy atom. The Hall–Kier alpha value is -0.830. The number of aliphatic hydroxyl groups is 1. The monoisotopic (exact) mass is 350 g/mol. The van der Waals surface area contributed by atoms with Crippen molar-refractivity contribution in [3.05, 3.63) is 12.2 Å². The molecule has 0 atom stereocenters. The average Bonchev–Trinajstić information content (AvgIpc) is 3.06. The van der Waals surface area contributed by atoms with E-state index in [1.807, 2.05) is 0 Å². The fourth-order valence-corrected chi connectivity index (χ4v) is 3.48. The molecule has 1 aliphatic heterocycles. The molecule has 146 valence electrons. The Morgan fingerprint density at radius 2 is 1.48 bits per heavy atom. The van der Waals surface area contributed by atoms with E-state index in [0.717, 1.165) is 26.1 Å². The minimum Gasteiger partial charge on any atom is -0.395 e. The van der Waals surface area contributed by atoms with Crippen molar-refractivity contribution in [2.75, 3.05) is 26.2 Å². The third-order valence-corrected chi connectivity index (χ3v) is 5.06. The summed E-state index contributed by atoms with van der Waals surface area (Å²) in [5.41, 5.74) is 0. The van der Waals surface area contributed by atoms with Gasteiger partial charge in [0.1, 0.15) is 0 Å². The average molecular weight is 351 g/mol. The first-order valence-electron chi connectivity index (χ1n) is 10.9. The largest absolute Gasteiger partial charge is 0.395 e. The van der Waals surface area contributed by atoms with Crippen molar-refractivity contribution < 1.29 is 5.11 Å². The molecule has 0 spiro atoms. The summed E-state index contributed by atoms with van der Waals surface area (Å²) in [5.74, 6) is 1.23. The number of hydrogen-bond acceptors (Lipinski definition) is 3. The lowest BCUT2D eigenvalue weighted by atomic mass is 10.1.